The zero-order valence-electron chi connectivity index (χ0n) is 35.7. The number of rotatable bonds is 36. The minimum atomic E-state index is -4.39. The molecule has 0 fully saturated rings. The molecule has 0 aromatic carbocycles. The summed E-state index contributed by atoms with van der Waals surface area (Å²) >= 11 is 0. The third-order valence-electron chi connectivity index (χ3n) is 9.57. The van der Waals surface area contributed by atoms with E-state index >= 15 is 0 Å². The fourth-order valence-corrected chi connectivity index (χ4v) is 13.9. The first-order valence-corrected chi connectivity index (χ1v) is 28.9. The van der Waals surface area contributed by atoms with Gasteiger partial charge in [-0.2, -0.15) is 0 Å². The Morgan fingerprint density at radius 2 is 0.377 bits per heavy atom. The van der Waals surface area contributed by atoms with E-state index in [1.807, 2.05) is 0 Å². The average Bonchev–Trinajstić information content (AvgIpc) is 3.06. The van der Waals surface area contributed by atoms with E-state index in [0.29, 0.717) is 23.0 Å². The Kier molecular flexibility index (Phi) is 61.1. The Hall–Kier alpha value is 3.19. The van der Waals surface area contributed by atoms with Crippen LogP contribution < -0.4 is 29.4 Å². The van der Waals surface area contributed by atoms with E-state index in [9.17, 15) is 29.4 Å². The van der Waals surface area contributed by atoms with Crippen molar-refractivity contribution in [2.24, 2.45) is 0 Å². The van der Waals surface area contributed by atoms with Crippen molar-refractivity contribution in [1.82, 2.24) is 0 Å². The van der Waals surface area contributed by atoms with Crippen LogP contribution in [-0.4, -0.2) is 23.0 Å². The normalized spacial score (nSPS) is 11.5. The molecule has 0 rings (SSSR count). The Balaban J connectivity index is -0.000000274. The molecule has 0 aliphatic heterocycles. The van der Waals surface area contributed by atoms with Crippen LogP contribution in [0.2, 0.25) is 0 Å². The predicted octanol–water partition coefficient (Wildman–Crippen LogP) is 9.28. The fourth-order valence-electron chi connectivity index (χ4n) is 6.26. The van der Waals surface area contributed by atoms with Gasteiger partial charge in [-0.25, -0.2) is 20.1 Å². The number of unbranched alkanes of at least 4 members (excludes halogenated alkanes) is 28. The van der Waals surface area contributed by atoms with E-state index in [4.69, 9.17) is 0 Å². The molecule has 0 spiro atoms. The third-order valence-corrected chi connectivity index (χ3v) is 19.9. The monoisotopic (exact) mass is 978 g/mol. The summed E-state index contributed by atoms with van der Waals surface area (Å²) in [4.78, 5) is 69.0. The van der Waals surface area contributed by atoms with Gasteiger partial charge in [0.1, 0.15) is 0 Å². The molecule has 0 unspecified atom stereocenters. The van der Waals surface area contributed by atoms with Gasteiger partial charge in [0, 0.05) is 0 Å². The van der Waals surface area contributed by atoms with Crippen molar-refractivity contribution in [2.45, 2.75) is 233 Å². The Morgan fingerprint density at radius 1 is 0.245 bits per heavy atom. The summed E-state index contributed by atoms with van der Waals surface area (Å²) in [6.07, 6.45) is 38.4. The van der Waals surface area contributed by atoms with Crippen LogP contribution in [0.3, 0.4) is 0 Å². The topological polar surface area (TPSA) is 138 Å². The second-order valence-electron chi connectivity index (χ2n) is 14.5. The van der Waals surface area contributed by atoms with E-state index in [0.717, 1.165) is 51.4 Å². The molecule has 0 radical (unpaired) electrons. The van der Waals surface area contributed by atoms with E-state index in [1.165, 1.54) is 154 Å². The zero-order chi connectivity index (χ0) is 37.6. The van der Waals surface area contributed by atoms with Gasteiger partial charge < -0.3 is 42.8 Å². The molecule has 0 aromatic rings. The first-order valence-electron chi connectivity index (χ1n) is 21.4. The summed E-state index contributed by atoms with van der Waals surface area (Å²) in [5, 5.41) is 0. The summed E-state index contributed by atoms with van der Waals surface area (Å²) in [5.74, 6) is 2.43. The van der Waals surface area contributed by atoms with Gasteiger partial charge in [-0.1, -0.05) is 207 Å². The molecule has 0 heterocycles. The summed E-state index contributed by atoms with van der Waals surface area (Å²) in [7, 11) is -1.84. The van der Waals surface area contributed by atoms with Crippen molar-refractivity contribution in [3.8, 4) is 0 Å². The first-order chi connectivity index (χ1) is 24.0. The second kappa shape index (κ2) is 49.6. The maximum Gasteiger partial charge on any atom is 2.00 e. The SMILES string of the molecule is CCCCCCCCCCS(CCCCCCCCCC)=P([O-])([O-])[O-].CCCCCCCCCCS(CCCCCCCCCC)=P([O-])([O-])[O-].[Zn+2].[Zn+2].[Zn+2]. The molecule has 6 nitrogen and oxygen atoms in total. The molecule has 53 heavy (non-hydrogen) atoms. The molecule has 0 bridgehead atoms. The van der Waals surface area contributed by atoms with E-state index < -0.39 is 33.6 Å². The summed E-state index contributed by atoms with van der Waals surface area (Å²) < 4.78 is 0. The van der Waals surface area contributed by atoms with Crippen molar-refractivity contribution >= 4 is 33.6 Å². The van der Waals surface area contributed by atoms with Crippen LogP contribution >= 0.6 is 13.4 Å². The van der Waals surface area contributed by atoms with E-state index in [2.05, 4.69) is 27.7 Å². The van der Waals surface area contributed by atoms with Crippen LogP contribution in [0.1, 0.15) is 233 Å². The van der Waals surface area contributed by atoms with Gasteiger partial charge in [0.15, 0.2) is 0 Å². The number of hydrogen-bond acceptors (Lipinski definition) is 6. The van der Waals surface area contributed by atoms with Crippen LogP contribution in [0.4, 0.5) is 0 Å². The largest absolute Gasteiger partial charge is 2.00 e. The van der Waals surface area contributed by atoms with Gasteiger partial charge >= 0.3 is 58.4 Å². The van der Waals surface area contributed by atoms with Gasteiger partial charge in [-0.15, -0.1) is 0 Å². The van der Waals surface area contributed by atoms with E-state index in [-0.39, 0.29) is 58.4 Å². The minimum absolute atomic E-state index is 0. The molecule has 0 saturated carbocycles. The Morgan fingerprint density at radius 3 is 0.509 bits per heavy atom. The third kappa shape index (κ3) is 51.3. The number of hydrogen-bond donors (Lipinski definition) is 0. The van der Waals surface area contributed by atoms with Crippen LogP contribution in [0, 0.1) is 0 Å². The minimum Gasteiger partial charge on any atom is -0.848 e. The van der Waals surface area contributed by atoms with Crippen molar-refractivity contribution in [3.63, 3.8) is 0 Å². The standard InChI is InChI=1S/2C20H42O3PS.3Zn/c2*1-3-5-7-9-11-13-15-17-19-25(24(21,22)23)20-18-16-14-12-10-8-6-4-2;;;/h2*3-20H2,1-2H3;;;/q2*-3;3*+2. The molecule has 0 atom stereocenters. The summed E-state index contributed by atoms with van der Waals surface area (Å²) in [6, 6.07) is 0. The van der Waals surface area contributed by atoms with Crippen LogP contribution in [0.15, 0.2) is 0 Å². The molecule has 0 saturated heterocycles. The smallest absolute Gasteiger partial charge is 0.848 e. The molecule has 0 N–H and O–H groups in total. The van der Waals surface area contributed by atoms with Gasteiger partial charge in [0.05, 0.1) is 0 Å². The molecule has 0 amide bonds. The molecule has 0 aliphatic carbocycles. The summed E-state index contributed by atoms with van der Waals surface area (Å²) in [6.45, 7) is 0.102. The van der Waals surface area contributed by atoms with Gasteiger partial charge in [0.2, 0.25) is 0 Å². The first kappa shape index (κ1) is 65.3. The van der Waals surface area contributed by atoms with Gasteiger partial charge in [0.25, 0.3) is 0 Å². The molecular formula is C40H84O6P2S2Zn3. The fraction of sp³-hybridized carbons (Fsp3) is 1.00. The van der Waals surface area contributed by atoms with Crippen LogP contribution in [0.5, 0.6) is 0 Å². The maximum absolute atomic E-state index is 11.5. The van der Waals surface area contributed by atoms with Crippen molar-refractivity contribution in [3.05, 3.63) is 0 Å². The van der Waals surface area contributed by atoms with Crippen molar-refractivity contribution < 1.29 is 87.8 Å². The molecule has 308 valence electrons. The Labute approximate surface area is 374 Å². The quantitative estimate of drug-likeness (QED) is 0.0349. The summed E-state index contributed by atoms with van der Waals surface area (Å²) in [5.41, 5.74) is 0. The second-order valence-corrected chi connectivity index (χ2v) is 25.6. The van der Waals surface area contributed by atoms with Gasteiger partial charge in [-0.05, 0) is 48.7 Å². The van der Waals surface area contributed by atoms with Gasteiger partial charge in [-0.3, -0.25) is 0 Å². The predicted molar refractivity (Wildman–Crippen MR) is 218 cm³/mol. The van der Waals surface area contributed by atoms with Crippen LogP contribution in [0.25, 0.3) is 0 Å². The van der Waals surface area contributed by atoms with Crippen molar-refractivity contribution in [2.75, 3.05) is 23.0 Å². The maximum atomic E-state index is 11.5. The molecule has 0 aromatic heterocycles. The average molecular weight is 983 g/mol. The Bertz CT molecular complexity index is 706. The molecule has 13 heteroatoms. The molecule has 0 aliphatic rings. The zero-order valence-corrected chi connectivity index (χ0v) is 48.1. The van der Waals surface area contributed by atoms with E-state index in [1.54, 1.807) is 0 Å². The van der Waals surface area contributed by atoms with Crippen molar-refractivity contribution in [1.29, 1.82) is 0 Å². The molecular weight excluding hydrogens is 899 g/mol. The van der Waals surface area contributed by atoms with Crippen LogP contribution in [-0.2, 0) is 78.6 Å².